The van der Waals surface area contributed by atoms with Crippen molar-refractivity contribution in [3.8, 4) is 0 Å². The van der Waals surface area contributed by atoms with E-state index < -0.39 is 10.0 Å². The average Bonchev–Trinajstić information content (AvgIpc) is 2.56. The Morgan fingerprint density at radius 2 is 2.00 bits per heavy atom. The Kier molecular flexibility index (Phi) is 6.38. The molecule has 2 aliphatic heterocycles. The summed E-state index contributed by atoms with van der Waals surface area (Å²) in [5.41, 5.74) is 0.197. The molecule has 2 heterocycles. The lowest BCUT2D eigenvalue weighted by atomic mass is 9.65. The lowest BCUT2D eigenvalue weighted by Gasteiger charge is -2.62. The van der Waals surface area contributed by atoms with Crippen LogP contribution in [0.25, 0.3) is 0 Å². The number of likely N-dealkylation sites (tertiary alicyclic amines) is 1. The highest BCUT2D eigenvalue weighted by molar-refractivity contribution is 7.89. The smallest absolute Gasteiger partial charge is 0.213 e. The van der Waals surface area contributed by atoms with E-state index in [4.69, 9.17) is 4.74 Å². The molecule has 2 aliphatic rings. The topological polar surface area (TPSA) is 83.0 Å². The molecular weight excluding hydrogens is 340 g/mol. The molecule has 0 bridgehead atoms. The summed E-state index contributed by atoms with van der Waals surface area (Å²) in [4.78, 5) is 6.50. The largest absolute Gasteiger partial charge is 0.377 e. The van der Waals surface area contributed by atoms with Crippen molar-refractivity contribution in [2.45, 2.75) is 58.6 Å². The zero-order valence-corrected chi connectivity index (χ0v) is 17.1. The number of hydrogen-bond acceptors (Lipinski definition) is 4. The Labute approximate surface area is 152 Å². The van der Waals surface area contributed by atoms with Gasteiger partial charge in [-0.2, -0.15) is 0 Å². The first-order valence-electron chi connectivity index (χ1n) is 9.16. The Balaban J connectivity index is 1.76. The Morgan fingerprint density at radius 1 is 1.28 bits per heavy atom. The molecule has 0 radical (unpaired) electrons. The van der Waals surface area contributed by atoms with Gasteiger partial charge in [0.15, 0.2) is 5.96 Å². The van der Waals surface area contributed by atoms with Crippen LogP contribution < -0.4 is 10.0 Å². The van der Waals surface area contributed by atoms with Gasteiger partial charge in [-0.15, -0.1) is 0 Å². The fourth-order valence-electron chi connectivity index (χ4n) is 3.25. The Morgan fingerprint density at radius 3 is 2.52 bits per heavy atom. The number of guanidine groups is 1. The van der Waals surface area contributed by atoms with E-state index in [0.29, 0.717) is 13.1 Å². The molecule has 1 atom stereocenters. The van der Waals surface area contributed by atoms with Crippen LogP contribution in [-0.2, 0) is 14.8 Å². The minimum atomic E-state index is -3.32. The van der Waals surface area contributed by atoms with Gasteiger partial charge in [0.25, 0.3) is 0 Å². The molecule has 0 spiro atoms. The minimum Gasteiger partial charge on any atom is -0.377 e. The van der Waals surface area contributed by atoms with E-state index in [1.165, 1.54) is 0 Å². The van der Waals surface area contributed by atoms with Gasteiger partial charge >= 0.3 is 0 Å². The third kappa shape index (κ3) is 4.86. The maximum Gasteiger partial charge on any atom is 0.213 e. The molecule has 25 heavy (non-hydrogen) atoms. The second-order valence-corrected chi connectivity index (χ2v) is 10.1. The molecule has 2 N–H and O–H groups in total. The Hall–Kier alpha value is -0.860. The van der Waals surface area contributed by atoms with Crippen LogP contribution in [0.1, 0.15) is 47.0 Å². The molecule has 7 nitrogen and oxygen atoms in total. The second kappa shape index (κ2) is 7.80. The van der Waals surface area contributed by atoms with Crippen LogP contribution in [0.2, 0.25) is 0 Å². The van der Waals surface area contributed by atoms with Gasteiger partial charge in [0.2, 0.25) is 10.0 Å². The van der Waals surface area contributed by atoms with Crippen molar-refractivity contribution in [1.29, 1.82) is 0 Å². The van der Waals surface area contributed by atoms with Gasteiger partial charge in [-0.3, -0.25) is 4.99 Å². The van der Waals surface area contributed by atoms with Crippen LogP contribution in [0.15, 0.2) is 4.99 Å². The number of aliphatic imine (C=N–C) groups is 1. The van der Waals surface area contributed by atoms with Crippen LogP contribution in [0.3, 0.4) is 0 Å². The second-order valence-electron chi connectivity index (χ2n) is 8.16. The van der Waals surface area contributed by atoms with Crippen LogP contribution in [0, 0.1) is 5.41 Å². The number of rotatable bonds is 6. The molecular formula is C17H34N4O3S. The third-order valence-electron chi connectivity index (χ3n) is 5.81. The summed E-state index contributed by atoms with van der Waals surface area (Å²) in [7, 11) is -1.58. The predicted octanol–water partition coefficient (Wildman–Crippen LogP) is 1.17. The Bertz CT molecular complexity index is 581. The first-order chi connectivity index (χ1) is 11.6. The standard InChI is InChI=1S/C17H34N4O3S/c1-16(2)13-21(17(16,3)4)15(18-5)19-9-11-25(22,23)20-12-14-8-6-7-10-24-14/h14,20H,6-13H2,1-5H3,(H,18,19). The molecule has 0 aromatic rings. The van der Waals surface area contributed by atoms with E-state index >= 15 is 0 Å². The monoisotopic (exact) mass is 374 g/mol. The summed E-state index contributed by atoms with van der Waals surface area (Å²) in [5.74, 6) is 0.784. The quantitative estimate of drug-likeness (QED) is 0.539. The maximum atomic E-state index is 12.2. The molecule has 0 saturated carbocycles. The molecule has 0 amide bonds. The normalized spacial score (nSPS) is 26.2. The van der Waals surface area contributed by atoms with Gasteiger partial charge < -0.3 is 15.0 Å². The van der Waals surface area contributed by atoms with Gasteiger partial charge in [0.05, 0.1) is 11.9 Å². The maximum absolute atomic E-state index is 12.2. The average molecular weight is 375 g/mol. The summed E-state index contributed by atoms with van der Waals surface area (Å²) in [6.07, 6.45) is 3.10. The van der Waals surface area contributed by atoms with Gasteiger partial charge in [0, 0.05) is 44.2 Å². The summed E-state index contributed by atoms with van der Waals surface area (Å²) in [6, 6.07) is 0. The number of nitrogens with zero attached hydrogens (tertiary/aromatic N) is 2. The van der Waals surface area contributed by atoms with E-state index in [1.807, 2.05) is 0 Å². The van der Waals surface area contributed by atoms with Gasteiger partial charge in [-0.25, -0.2) is 13.1 Å². The van der Waals surface area contributed by atoms with Crippen molar-refractivity contribution in [3.05, 3.63) is 0 Å². The molecule has 0 aromatic heterocycles. The van der Waals surface area contributed by atoms with Crippen LogP contribution in [0.5, 0.6) is 0 Å². The summed E-state index contributed by atoms with van der Waals surface area (Å²) in [6.45, 7) is 11.2. The van der Waals surface area contributed by atoms with Crippen molar-refractivity contribution in [2.75, 3.05) is 39.0 Å². The first-order valence-corrected chi connectivity index (χ1v) is 10.8. The molecule has 1 unspecified atom stereocenters. The molecule has 146 valence electrons. The van der Waals surface area contributed by atoms with E-state index in [9.17, 15) is 8.42 Å². The van der Waals surface area contributed by atoms with Crippen molar-refractivity contribution in [1.82, 2.24) is 14.9 Å². The SMILES string of the molecule is CN=C(NCCS(=O)(=O)NCC1CCCCO1)N1CC(C)(C)C1(C)C. The number of sulfonamides is 1. The summed E-state index contributed by atoms with van der Waals surface area (Å²) >= 11 is 0. The molecule has 0 aliphatic carbocycles. The molecule has 2 rings (SSSR count). The summed E-state index contributed by atoms with van der Waals surface area (Å²) < 4.78 is 32.6. The van der Waals surface area contributed by atoms with Crippen LogP contribution in [-0.4, -0.2) is 70.0 Å². The van der Waals surface area contributed by atoms with E-state index in [1.54, 1.807) is 7.05 Å². The molecule has 8 heteroatoms. The van der Waals surface area contributed by atoms with Crippen molar-refractivity contribution >= 4 is 16.0 Å². The highest BCUT2D eigenvalue weighted by Crippen LogP contribution is 2.46. The number of ether oxygens (including phenoxy) is 1. The molecule has 2 saturated heterocycles. The first kappa shape index (κ1) is 20.5. The van der Waals surface area contributed by atoms with E-state index in [-0.39, 0.29) is 22.8 Å². The fraction of sp³-hybridized carbons (Fsp3) is 0.941. The van der Waals surface area contributed by atoms with Gasteiger partial charge in [-0.1, -0.05) is 13.8 Å². The lowest BCUT2D eigenvalue weighted by molar-refractivity contribution is -0.0666. The van der Waals surface area contributed by atoms with Crippen LogP contribution in [0.4, 0.5) is 0 Å². The lowest BCUT2D eigenvalue weighted by Crippen LogP contribution is -2.72. The molecule has 2 fully saturated rings. The highest BCUT2D eigenvalue weighted by Gasteiger charge is 2.53. The van der Waals surface area contributed by atoms with Gasteiger partial charge in [0.1, 0.15) is 0 Å². The number of nitrogens with one attached hydrogen (secondary N) is 2. The highest BCUT2D eigenvalue weighted by atomic mass is 32.2. The molecule has 0 aromatic carbocycles. The van der Waals surface area contributed by atoms with Crippen molar-refractivity contribution in [2.24, 2.45) is 10.4 Å². The van der Waals surface area contributed by atoms with Gasteiger partial charge in [-0.05, 0) is 33.1 Å². The predicted molar refractivity (Wildman–Crippen MR) is 101 cm³/mol. The third-order valence-corrected chi connectivity index (χ3v) is 7.16. The van der Waals surface area contributed by atoms with Crippen molar-refractivity contribution in [3.63, 3.8) is 0 Å². The van der Waals surface area contributed by atoms with E-state index in [0.717, 1.165) is 38.4 Å². The summed E-state index contributed by atoms with van der Waals surface area (Å²) in [5, 5.41) is 3.18. The van der Waals surface area contributed by atoms with Crippen molar-refractivity contribution < 1.29 is 13.2 Å². The zero-order chi connectivity index (χ0) is 18.7. The zero-order valence-electron chi connectivity index (χ0n) is 16.3. The fourth-order valence-corrected chi connectivity index (χ4v) is 4.21. The number of hydrogen-bond donors (Lipinski definition) is 2. The van der Waals surface area contributed by atoms with Crippen LogP contribution >= 0.6 is 0 Å². The minimum absolute atomic E-state index is 0.00775. The van der Waals surface area contributed by atoms with E-state index in [2.05, 4.69) is 47.6 Å².